The van der Waals surface area contributed by atoms with Gasteiger partial charge in [0, 0.05) is 17.1 Å². The van der Waals surface area contributed by atoms with Crippen LogP contribution in [0, 0.1) is 5.41 Å². The van der Waals surface area contributed by atoms with Gasteiger partial charge in [0.15, 0.2) is 5.78 Å². The Morgan fingerprint density at radius 2 is 1.73 bits per heavy atom. The fraction of sp³-hybridized carbons (Fsp3) is 0.261. The standard InChI is InChI=1S/C23H23ClN4O2/c1-23(2)12-17-20(18(29)13-23)21(25-15-10-8-14(24)9-11-15)28-22(27-17)26-16-6-4-5-7-19(16)30-3/h4-11H,12-13H2,1-3H3,(H2,25,26,27,28). The second-order valence-corrected chi connectivity index (χ2v) is 8.55. The highest BCUT2D eigenvalue weighted by molar-refractivity contribution is 6.30. The SMILES string of the molecule is COc1ccccc1Nc1nc2c(c(Nc3ccc(Cl)cc3)n1)C(=O)CC(C)(C)C2. The summed E-state index contributed by atoms with van der Waals surface area (Å²) in [6.07, 6.45) is 1.14. The van der Waals surface area contributed by atoms with Gasteiger partial charge in [-0.05, 0) is 48.2 Å². The first-order valence-corrected chi connectivity index (χ1v) is 10.1. The lowest BCUT2D eigenvalue weighted by molar-refractivity contribution is 0.0911. The number of hydrogen-bond acceptors (Lipinski definition) is 6. The van der Waals surface area contributed by atoms with Gasteiger partial charge in [0.1, 0.15) is 11.6 Å². The molecule has 0 saturated heterocycles. The third-order valence-electron chi connectivity index (χ3n) is 5.01. The van der Waals surface area contributed by atoms with Gasteiger partial charge in [-0.25, -0.2) is 4.98 Å². The number of carbonyl (C=O) groups excluding carboxylic acids is 1. The molecular formula is C23H23ClN4O2. The minimum Gasteiger partial charge on any atom is -0.495 e. The van der Waals surface area contributed by atoms with Gasteiger partial charge in [-0.3, -0.25) is 4.79 Å². The van der Waals surface area contributed by atoms with E-state index in [1.54, 1.807) is 19.2 Å². The molecule has 1 aliphatic rings. The largest absolute Gasteiger partial charge is 0.495 e. The first kappa shape index (κ1) is 20.2. The van der Waals surface area contributed by atoms with Crippen LogP contribution in [0.2, 0.25) is 5.02 Å². The highest BCUT2D eigenvalue weighted by Crippen LogP contribution is 2.38. The number of anilines is 4. The molecule has 0 radical (unpaired) electrons. The van der Waals surface area contributed by atoms with Crippen LogP contribution < -0.4 is 15.4 Å². The van der Waals surface area contributed by atoms with Gasteiger partial charge in [0.2, 0.25) is 5.95 Å². The lowest BCUT2D eigenvalue weighted by atomic mass is 9.75. The Balaban J connectivity index is 1.78. The van der Waals surface area contributed by atoms with E-state index in [-0.39, 0.29) is 11.2 Å². The summed E-state index contributed by atoms with van der Waals surface area (Å²) in [4.78, 5) is 22.3. The number of ketones is 1. The molecular weight excluding hydrogens is 400 g/mol. The lowest BCUT2D eigenvalue weighted by Crippen LogP contribution is -2.29. The maximum atomic E-state index is 13.0. The average molecular weight is 423 g/mol. The highest BCUT2D eigenvalue weighted by atomic mass is 35.5. The van der Waals surface area contributed by atoms with Gasteiger partial charge in [-0.1, -0.05) is 37.6 Å². The zero-order valence-corrected chi connectivity index (χ0v) is 17.9. The Morgan fingerprint density at radius 1 is 1.00 bits per heavy atom. The van der Waals surface area contributed by atoms with Crippen LogP contribution in [-0.2, 0) is 6.42 Å². The number of rotatable bonds is 5. The Bertz CT molecular complexity index is 1100. The van der Waals surface area contributed by atoms with Gasteiger partial charge < -0.3 is 15.4 Å². The molecule has 2 N–H and O–H groups in total. The molecule has 0 saturated carbocycles. The van der Waals surface area contributed by atoms with E-state index in [0.29, 0.717) is 40.9 Å². The minimum atomic E-state index is -0.155. The van der Waals surface area contributed by atoms with Crippen LogP contribution in [0.15, 0.2) is 48.5 Å². The maximum absolute atomic E-state index is 13.0. The molecule has 154 valence electrons. The van der Waals surface area contributed by atoms with Crippen molar-refractivity contribution in [2.75, 3.05) is 17.7 Å². The minimum absolute atomic E-state index is 0.0431. The van der Waals surface area contributed by atoms with Crippen molar-refractivity contribution in [3.8, 4) is 5.75 Å². The van der Waals surface area contributed by atoms with Crippen molar-refractivity contribution < 1.29 is 9.53 Å². The zero-order valence-electron chi connectivity index (χ0n) is 17.1. The molecule has 1 aliphatic carbocycles. The monoisotopic (exact) mass is 422 g/mol. The number of aromatic nitrogens is 2. The summed E-state index contributed by atoms with van der Waals surface area (Å²) in [5.74, 6) is 1.62. The first-order valence-electron chi connectivity index (χ1n) is 9.71. The molecule has 0 unspecified atom stereocenters. The van der Waals surface area contributed by atoms with Crippen molar-refractivity contribution in [2.45, 2.75) is 26.7 Å². The van der Waals surface area contributed by atoms with Gasteiger partial charge in [-0.15, -0.1) is 0 Å². The molecule has 0 atom stereocenters. The van der Waals surface area contributed by atoms with E-state index in [0.717, 1.165) is 17.1 Å². The molecule has 3 aromatic rings. The predicted molar refractivity (Wildman–Crippen MR) is 119 cm³/mol. The third kappa shape index (κ3) is 4.24. The Morgan fingerprint density at radius 3 is 2.47 bits per heavy atom. The van der Waals surface area contributed by atoms with Crippen molar-refractivity contribution in [1.82, 2.24) is 9.97 Å². The average Bonchev–Trinajstić information content (AvgIpc) is 2.68. The van der Waals surface area contributed by atoms with E-state index >= 15 is 0 Å². The topological polar surface area (TPSA) is 76.1 Å². The fourth-order valence-electron chi connectivity index (χ4n) is 3.65. The molecule has 1 aromatic heterocycles. The molecule has 0 amide bonds. The summed E-state index contributed by atoms with van der Waals surface area (Å²) in [7, 11) is 1.61. The van der Waals surface area contributed by atoms with Gasteiger partial charge >= 0.3 is 0 Å². The molecule has 0 spiro atoms. The number of para-hydroxylation sites is 2. The quantitative estimate of drug-likeness (QED) is 0.542. The normalized spacial score (nSPS) is 14.7. The van der Waals surface area contributed by atoms with Crippen molar-refractivity contribution in [1.29, 1.82) is 0 Å². The van der Waals surface area contributed by atoms with E-state index in [4.69, 9.17) is 16.3 Å². The molecule has 6 nitrogen and oxygen atoms in total. The molecule has 0 aliphatic heterocycles. The van der Waals surface area contributed by atoms with Crippen molar-refractivity contribution in [3.05, 3.63) is 64.8 Å². The maximum Gasteiger partial charge on any atom is 0.229 e. The first-order chi connectivity index (χ1) is 14.3. The van der Waals surface area contributed by atoms with Crippen molar-refractivity contribution in [3.63, 3.8) is 0 Å². The number of carbonyl (C=O) groups is 1. The number of fused-ring (bicyclic) bond motifs is 1. The summed E-state index contributed by atoms with van der Waals surface area (Å²) in [5, 5.41) is 7.14. The van der Waals surface area contributed by atoms with E-state index < -0.39 is 0 Å². The van der Waals surface area contributed by atoms with Crippen LogP contribution in [0.1, 0.15) is 36.3 Å². The third-order valence-corrected chi connectivity index (χ3v) is 5.26. The molecule has 1 heterocycles. The predicted octanol–water partition coefficient (Wildman–Crippen LogP) is 5.78. The van der Waals surface area contributed by atoms with Crippen LogP contribution in [-0.4, -0.2) is 22.9 Å². The van der Waals surface area contributed by atoms with Crippen molar-refractivity contribution in [2.24, 2.45) is 5.41 Å². The summed E-state index contributed by atoms with van der Waals surface area (Å²) in [6, 6.07) is 14.8. The molecule has 2 aromatic carbocycles. The number of halogens is 1. The summed E-state index contributed by atoms with van der Waals surface area (Å²) in [6.45, 7) is 4.16. The molecule has 7 heteroatoms. The Labute approximate surface area is 180 Å². The van der Waals surface area contributed by atoms with E-state index in [1.165, 1.54) is 0 Å². The number of hydrogen-bond donors (Lipinski definition) is 2. The van der Waals surface area contributed by atoms with Crippen LogP contribution in [0.4, 0.5) is 23.1 Å². The number of nitrogens with one attached hydrogen (secondary N) is 2. The van der Waals surface area contributed by atoms with Gasteiger partial charge in [-0.2, -0.15) is 4.98 Å². The second kappa shape index (κ2) is 7.95. The molecule has 4 rings (SSSR count). The fourth-order valence-corrected chi connectivity index (χ4v) is 3.78. The number of Topliss-reactive ketones (excluding diaryl/α,β-unsaturated/α-hetero) is 1. The summed E-state index contributed by atoms with van der Waals surface area (Å²) < 4.78 is 5.42. The smallest absolute Gasteiger partial charge is 0.229 e. The highest BCUT2D eigenvalue weighted by Gasteiger charge is 2.35. The van der Waals surface area contributed by atoms with Crippen LogP contribution in [0.5, 0.6) is 5.75 Å². The number of benzene rings is 2. The van der Waals surface area contributed by atoms with E-state index in [1.807, 2.05) is 36.4 Å². The van der Waals surface area contributed by atoms with Crippen molar-refractivity contribution >= 4 is 40.5 Å². The summed E-state index contributed by atoms with van der Waals surface area (Å²) >= 11 is 6.00. The zero-order chi connectivity index (χ0) is 21.3. The van der Waals surface area contributed by atoms with Crippen LogP contribution >= 0.6 is 11.6 Å². The van der Waals surface area contributed by atoms with E-state index in [2.05, 4.69) is 34.4 Å². The number of methoxy groups -OCH3 is 1. The lowest BCUT2D eigenvalue weighted by Gasteiger charge is -2.30. The number of nitrogens with zero attached hydrogens (tertiary/aromatic N) is 2. The van der Waals surface area contributed by atoms with E-state index in [9.17, 15) is 4.79 Å². The Hall–Kier alpha value is -3.12. The van der Waals surface area contributed by atoms with Gasteiger partial charge in [0.05, 0.1) is 24.1 Å². The molecule has 0 bridgehead atoms. The van der Waals surface area contributed by atoms with Crippen LogP contribution in [0.25, 0.3) is 0 Å². The Kier molecular flexibility index (Phi) is 5.35. The molecule has 30 heavy (non-hydrogen) atoms. The molecule has 0 fully saturated rings. The van der Waals surface area contributed by atoms with Crippen LogP contribution in [0.3, 0.4) is 0 Å². The number of ether oxygens (including phenoxy) is 1. The second-order valence-electron chi connectivity index (χ2n) is 8.12. The summed E-state index contributed by atoms with van der Waals surface area (Å²) in [5.41, 5.74) is 2.67. The van der Waals surface area contributed by atoms with Gasteiger partial charge in [0.25, 0.3) is 0 Å².